The number of rotatable bonds is 7. The van der Waals surface area contributed by atoms with Crippen LogP contribution in [0, 0.1) is 16.7 Å². The standard InChI is InChI=1S/C28H35N5O5S/c1-4-38-27(35)25-7-5-6-12-32(25)26(34)24(30)17-28(2)11-14-33(22(16-28)18-29)39(36,37)23-9-8-20-10-13-31(3)19-21(20)15-23/h5-6,8-9,11,14-16,24-25H,4,7,10,12-13,17,19,30H2,1-3H3/t24-,25+,28?/m0/s1. The summed E-state index contributed by atoms with van der Waals surface area (Å²) in [6.07, 6.45) is 9.48. The molecule has 0 fully saturated rings. The van der Waals surface area contributed by atoms with Crippen molar-refractivity contribution in [2.24, 2.45) is 11.1 Å². The van der Waals surface area contributed by atoms with E-state index in [0.717, 1.165) is 28.4 Å². The highest BCUT2D eigenvalue weighted by atomic mass is 32.2. The average molecular weight is 554 g/mol. The van der Waals surface area contributed by atoms with Crippen LogP contribution < -0.4 is 5.73 Å². The van der Waals surface area contributed by atoms with E-state index in [0.29, 0.717) is 13.0 Å². The van der Waals surface area contributed by atoms with Gasteiger partial charge in [-0.05, 0) is 62.6 Å². The molecule has 0 radical (unpaired) electrons. The summed E-state index contributed by atoms with van der Waals surface area (Å²) >= 11 is 0. The highest BCUT2D eigenvalue weighted by Crippen LogP contribution is 2.36. The van der Waals surface area contributed by atoms with E-state index in [9.17, 15) is 23.3 Å². The number of amides is 1. The van der Waals surface area contributed by atoms with Gasteiger partial charge in [0.05, 0.1) is 17.5 Å². The molecule has 0 saturated carbocycles. The molecule has 1 amide bonds. The van der Waals surface area contributed by atoms with Crippen LogP contribution in [0.4, 0.5) is 0 Å². The number of carbonyl (C=O) groups is 2. The van der Waals surface area contributed by atoms with Crippen molar-refractivity contribution in [3.05, 3.63) is 65.5 Å². The Balaban J connectivity index is 1.53. The summed E-state index contributed by atoms with van der Waals surface area (Å²) in [5.74, 6) is -0.888. The number of ether oxygens (including phenoxy) is 1. The first kappa shape index (κ1) is 28.5. The topological polar surface area (TPSA) is 137 Å². The van der Waals surface area contributed by atoms with Crippen LogP contribution in [0.15, 0.2) is 59.3 Å². The molecule has 0 bridgehead atoms. The van der Waals surface area contributed by atoms with Crippen molar-refractivity contribution in [2.75, 3.05) is 26.7 Å². The molecule has 2 N–H and O–H groups in total. The number of benzene rings is 1. The van der Waals surface area contributed by atoms with E-state index in [1.807, 2.05) is 25.3 Å². The molecule has 0 aliphatic carbocycles. The van der Waals surface area contributed by atoms with Crippen LogP contribution in [0.3, 0.4) is 0 Å². The first-order chi connectivity index (χ1) is 18.5. The number of hydrogen-bond donors (Lipinski definition) is 1. The third-order valence-electron chi connectivity index (χ3n) is 7.37. The van der Waals surface area contributed by atoms with E-state index in [4.69, 9.17) is 10.5 Å². The van der Waals surface area contributed by atoms with Crippen molar-refractivity contribution < 1.29 is 22.7 Å². The molecule has 3 aliphatic rings. The van der Waals surface area contributed by atoms with Crippen LogP contribution in [0.1, 0.15) is 37.8 Å². The number of nitriles is 1. The third-order valence-corrected chi connectivity index (χ3v) is 9.06. The molecule has 1 aromatic carbocycles. The second kappa shape index (κ2) is 11.3. The molecule has 0 aromatic heterocycles. The maximum Gasteiger partial charge on any atom is 0.329 e. The molecule has 11 heteroatoms. The van der Waals surface area contributed by atoms with Gasteiger partial charge >= 0.3 is 5.97 Å². The van der Waals surface area contributed by atoms with Gasteiger partial charge in [0.25, 0.3) is 10.0 Å². The largest absolute Gasteiger partial charge is 0.464 e. The number of sulfonamides is 1. The van der Waals surface area contributed by atoms with E-state index in [1.165, 1.54) is 17.2 Å². The molecule has 3 atom stereocenters. The summed E-state index contributed by atoms with van der Waals surface area (Å²) in [6.45, 7) is 5.51. The number of likely N-dealkylation sites (N-methyl/N-ethyl adjacent to an activating group) is 1. The summed E-state index contributed by atoms with van der Waals surface area (Å²) in [5.41, 5.74) is 7.47. The fraction of sp³-hybridized carbons (Fsp3) is 0.464. The van der Waals surface area contributed by atoms with Crippen LogP contribution in [0.5, 0.6) is 0 Å². The number of nitrogens with zero attached hydrogens (tertiary/aromatic N) is 4. The van der Waals surface area contributed by atoms with E-state index in [2.05, 4.69) is 4.90 Å². The van der Waals surface area contributed by atoms with Gasteiger partial charge in [-0.15, -0.1) is 0 Å². The Bertz CT molecular complexity index is 1380. The minimum atomic E-state index is -4.04. The molecule has 0 spiro atoms. The number of nitrogens with two attached hydrogens (primary N) is 1. The molecule has 1 aromatic rings. The van der Waals surface area contributed by atoms with Crippen LogP contribution in [-0.2, 0) is 37.3 Å². The van der Waals surface area contributed by atoms with Gasteiger partial charge < -0.3 is 20.3 Å². The first-order valence-corrected chi connectivity index (χ1v) is 14.5. The fourth-order valence-corrected chi connectivity index (χ4v) is 6.59. The zero-order valence-electron chi connectivity index (χ0n) is 22.5. The Morgan fingerprint density at radius 1 is 1.28 bits per heavy atom. The Kier molecular flexibility index (Phi) is 8.30. The number of carbonyl (C=O) groups excluding carboxylic acids is 2. The van der Waals surface area contributed by atoms with Crippen molar-refractivity contribution in [3.63, 3.8) is 0 Å². The molecular formula is C28H35N5O5S. The zero-order valence-corrected chi connectivity index (χ0v) is 23.4. The lowest BCUT2D eigenvalue weighted by atomic mass is 9.81. The van der Waals surface area contributed by atoms with Crippen molar-refractivity contribution in [1.82, 2.24) is 14.1 Å². The van der Waals surface area contributed by atoms with E-state index in [-0.39, 0.29) is 30.2 Å². The quantitative estimate of drug-likeness (QED) is 0.400. The van der Waals surface area contributed by atoms with Crippen LogP contribution in [0.2, 0.25) is 0 Å². The SMILES string of the molecule is CCOC(=O)[C@H]1CC=CCN1C(=O)[C@@H](N)CC1(C)C=CN(S(=O)(=O)c2ccc3c(c2)CN(C)CC3)C(C#N)=C1. The van der Waals surface area contributed by atoms with Gasteiger partial charge in [-0.3, -0.25) is 4.79 Å². The number of fused-ring (bicyclic) bond motifs is 1. The van der Waals surface area contributed by atoms with Gasteiger partial charge in [0, 0.05) is 31.2 Å². The summed E-state index contributed by atoms with van der Waals surface area (Å²) in [6, 6.07) is 5.37. The molecule has 10 nitrogen and oxygen atoms in total. The summed E-state index contributed by atoms with van der Waals surface area (Å²) in [5, 5.41) is 9.89. The Labute approximate surface area is 230 Å². The Hall–Kier alpha value is -3.46. The lowest BCUT2D eigenvalue weighted by Crippen LogP contribution is -2.53. The fourth-order valence-electron chi connectivity index (χ4n) is 5.26. The average Bonchev–Trinajstić information content (AvgIpc) is 2.91. The van der Waals surface area contributed by atoms with Crippen LogP contribution >= 0.6 is 0 Å². The van der Waals surface area contributed by atoms with Crippen molar-refractivity contribution in [3.8, 4) is 6.07 Å². The maximum absolute atomic E-state index is 13.6. The molecule has 3 heterocycles. The highest BCUT2D eigenvalue weighted by Gasteiger charge is 2.38. The lowest BCUT2D eigenvalue weighted by molar-refractivity contribution is -0.155. The second-order valence-corrected chi connectivity index (χ2v) is 12.3. The smallest absolute Gasteiger partial charge is 0.329 e. The predicted octanol–water partition coefficient (Wildman–Crippen LogP) is 2.04. The third kappa shape index (κ3) is 5.93. The lowest BCUT2D eigenvalue weighted by Gasteiger charge is -2.36. The minimum Gasteiger partial charge on any atom is -0.464 e. The van der Waals surface area contributed by atoms with Crippen LogP contribution in [-0.4, -0.2) is 73.2 Å². The highest BCUT2D eigenvalue weighted by molar-refractivity contribution is 7.89. The van der Waals surface area contributed by atoms with Gasteiger partial charge in [0.1, 0.15) is 17.8 Å². The molecule has 4 rings (SSSR count). The number of hydrogen-bond acceptors (Lipinski definition) is 8. The maximum atomic E-state index is 13.6. The van der Waals surface area contributed by atoms with E-state index < -0.39 is 39.4 Å². The molecule has 1 unspecified atom stereocenters. The molecule has 0 saturated heterocycles. The van der Waals surface area contributed by atoms with Crippen molar-refractivity contribution in [1.29, 1.82) is 5.26 Å². The molecule has 3 aliphatic heterocycles. The van der Waals surface area contributed by atoms with Gasteiger partial charge in [0.2, 0.25) is 5.91 Å². The van der Waals surface area contributed by atoms with Crippen molar-refractivity contribution in [2.45, 2.75) is 56.6 Å². The first-order valence-electron chi connectivity index (χ1n) is 13.0. The number of esters is 1. The predicted molar refractivity (Wildman–Crippen MR) is 145 cm³/mol. The van der Waals surface area contributed by atoms with Gasteiger partial charge in [-0.2, -0.15) is 5.26 Å². The van der Waals surface area contributed by atoms with Crippen LogP contribution in [0.25, 0.3) is 0 Å². The Morgan fingerprint density at radius 2 is 2.05 bits per heavy atom. The normalized spacial score (nSPS) is 24.0. The monoisotopic (exact) mass is 553 g/mol. The second-order valence-electron chi connectivity index (χ2n) is 10.5. The zero-order chi connectivity index (χ0) is 28.4. The Morgan fingerprint density at radius 3 is 2.77 bits per heavy atom. The van der Waals surface area contributed by atoms with Gasteiger partial charge in [0.15, 0.2) is 0 Å². The van der Waals surface area contributed by atoms with E-state index in [1.54, 1.807) is 38.1 Å². The number of allylic oxidation sites excluding steroid dienone is 3. The minimum absolute atomic E-state index is 0.0696. The van der Waals surface area contributed by atoms with Gasteiger partial charge in [-0.25, -0.2) is 17.5 Å². The molecular weight excluding hydrogens is 518 g/mol. The summed E-state index contributed by atoms with van der Waals surface area (Å²) in [7, 11) is -2.05. The van der Waals surface area contributed by atoms with E-state index >= 15 is 0 Å². The molecule has 39 heavy (non-hydrogen) atoms. The van der Waals surface area contributed by atoms with Gasteiger partial charge in [-0.1, -0.05) is 31.2 Å². The van der Waals surface area contributed by atoms with Crippen molar-refractivity contribution >= 4 is 21.9 Å². The molecule has 208 valence electrons. The summed E-state index contributed by atoms with van der Waals surface area (Å²) < 4.78 is 33.2. The summed E-state index contributed by atoms with van der Waals surface area (Å²) in [4.78, 5) is 29.3.